The molecule has 7 heteroatoms. The van der Waals surface area contributed by atoms with Gasteiger partial charge in [-0.15, -0.1) is 11.3 Å². The molecule has 0 radical (unpaired) electrons. The fourth-order valence-corrected chi connectivity index (χ4v) is 4.94. The van der Waals surface area contributed by atoms with Gasteiger partial charge in [-0.25, -0.2) is 13.1 Å². The number of anilines is 1. The molecular weight excluding hydrogens is 356 g/mol. The second-order valence-electron chi connectivity index (χ2n) is 6.40. The predicted octanol–water partition coefficient (Wildman–Crippen LogP) is 3.24. The number of aliphatic hydroxyl groups excluding tert-OH is 1. The van der Waals surface area contributed by atoms with E-state index in [0.29, 0.717) is 5.56 Å². The van der Waals surface area contributed by atoms with E-state index < -0.39 is 22.2 Å². The van der Waals surface area contributed by atoms with Crippen LogP contribution < -0.4 is 9.62 Å². The summed E-state index contributed by atoms with van der Waals surface area (Å²) >= 11 is 1.17. The van der Waals surface area contributed by atoms with Gasteiger partial charge in [0.05, 0.1) is 12.1 Å². The van der Waals surface area contributed by atoms with Gasteiger partial charge in [0, 0.05) is 19.8 Å². The molecule has 2 N–H and O–H groups in total. The highest BCUT2D eigenvalue weighted by Crippen LogP contribution is 2.27. The molecular formula is C18H26N2O3S2. The smallest absolute Gasteiger partial charge is 0.250 e. The van der Waals surface area contributed by atoms with Gasteiger partial charge in [-0.2, -0.15) is 0 Å². The molecule has 1 aromatic carbocycles. The highest BCUT2D eigenvalue weighted by molar-refractivity contribution is 7.91. The van der Waals surface area contributed by atoms with E-state index in [1.807, 2.05) is 57.1 Å². The lowest BCUT2D eigenvalue weighted by Gasteiger charge is -2.29. The average molecular weight is 383 g/mol. The van der Waals surface area contributed by atoms with Crippen LogP contribution in [0.2, 0.25) is 0 Å². The van der Waals surface area contributed by atoms with E-state index in [-0.39, 0.29) is 10.1 Å². The molecule has 2 rings (SSSR count). The van der Waals surface area contributed by atoms with Crippen molar-refractivity contribution in [1.82, 2.24) is 4.72 Å². The van der Waals surface area contributed by atoms with Crippen molar-refractivity contribution < 1.29 is 13.5 Å². The monoisotopic (exact) mass is 382 g/mol. The van der Waals surface area contributed by atoms with Crippen LogP contribution in [-0.4, -0.2) is 33.7 Å². The molecule has 0 aliphatic rings. The number of thiophene rings is 1. The number of rotatable bonds is 8. The highest BCUT2D eigenvalue weighted by Gasteiger charge is 2.31. The Morgan fingerprint density at radius 1 is 1.20 bits per heavy atom. The molecule has 0 saturated heterocycles. The fraction of sp³-hybridized carbons (Fsp3) is 0.444. The van der Waals surface area contributed by atoms with Crippen LogP contribution in [0.4, 0.5) is 5.69 Å². The van der Waals surface area contributed by atoms with E-state index in [1.54, 1.807) is 17.5 Å². The first-order chi connectivity index (χ1) is 11.8. The third-order valence-electron chi connectivity index (χ3n) is 4.40. The maximum atomic E-state index is 12.6. The Kier molecular flexibility index (Phi) is 6.62. The molecule has 25 heavy (non-hydrogen) atoms. The van der Waals surface area contributed by atoms with Crippen LogP contribution in [0.3, 0.4) is 0 Å². The normalized spacial score (nSPS) is 15.6. The number of hydrogen-bond donors (Lipinski definition) is 2. The third kappa shape index (κ3) is 4.82. The molecule has 2 aromatic rings. The number of sulfonamides is 1. The lowest BCUT2D eigenvalue weighted by molar-refractivity contribution is 0.112. The molecule has 0 aliphatic heterocycles. The quantitative estimate of drug-likeness (QED) is 0.735. The van der Waals surface area contributed by atoms with Crippen molar-refractivity contribution in [2.45, 2.75) is 36.6 Å². The van der Waals surface area contributed by atoms with Crippen molar-refractivity contribution in [1.29, 1.82) is 0 Å². The molecule has 5 nitrogen and oxygen atoms in total. The van der Waals surface area contributed by atoms with Gasteiger partial charge in [-0.1, -0.05) is 38.5 Å². The van der Waals surface area contributed by atoms with Crippen LogP contribution in [0.1, 0.15) is 31.9 Å². The third-order valence-corrected chi connectivity index (χ3v) is 7.26. The molecule has 0 bridgehead atoms. The average Bonchev–Trinajstić information content (AvgIpc) is 3.14. The minimum atomic E-state index is -3.65. The summed E-state index contributed by atoms with van der Waals surface area (Å²) in [5, 5.41) is 12.6. The van der Waals surface area contributed by atoms with Crippen molar-refractivity contribution in [2.24, 2.45) is 5.92 Å². The standard InChI is InChI=1S/C18H26N2O3S2/c1-5-13(2)17(19-25(22,23)16-7-6-12-24-16)18(21)14-8-10-15(11-9-14)20(3)4/h6-13,17-19,21H,5H2,1-4H3/t13?,17-,18?/m0/s1. The summed E-state index contributed by atoms with van der Waals surface area (Å²) in [7, 11) is 0.248. The van der Waals surface area contributed by atoms with Crippen molar-refractivity contribution >= 4 is 27.0 Å². The number of nitrogens with zero attached hydrogens (tertiary/aromatic N) is 1. The summed E-state index contributed by atoms with van der Waals surface area (Å²) in [6.45, 7) is 3.93. The highest BCUT2D eigenvalue weighted by atomic mass is 32.2. The summed E-state index contributed by atoms with van der Waals surface area (Å²) in [4.78, 5) is 1.97. The lowest BCUT2D eigenvalue weighted by Crippen LogP contribution is -2.43. The van der Waals surface area contributed by atoms with Gasteiger partial charge in [0.25, 0.3) is 0 Å². The molecule has 0 aliphatic carbocycles. The number of benzene rings is 1. The maximum absolute atomic E-state index is 12.6. The molecule has 0 fully saturated rings. The zero-order valence-electron chi connectivity index (χ0n) is 15.0. The Bertz CT molecular complexity index is 756. The Hall–Kier alpha value is -1.41. The SMILES string of the molecule is CCC(C)[C@H](NS(=O)(=O)c1cccs1)C(O)c1ccc(N(C)C)cc1. The molecule has 0 spiro atoms. The van der Waals surface area contributed by atoms with Gasteiger partial charge in [-0.05, 0) is 35.1 Å². The fourth-order valence-electron chi connectivity index (χ4n) is 2.58. The van der Waals surface area contributed by atoms with Crippen molar-refractivity contribution in [3.05, 3.63) is 47.3 Å². The first kappa shape index (κ1) is 19.9. The van der Waals surface area contributed by atoms with Crippen LogP contribution in [-0.2, 0) is 10.0 Å². The Labute approximate surface area is 154 Å². The van der Waals surface area contributed by atoms with Gasteiger partial charge in [0.1, 0.15) is 4.21 Å². The Morgan fingerprint density at radius 2 is 1.84 bits per heavy atom. The van der Waals surface area contributed by atoms with Gasteiger partial charge >= 0.3 is 0 Å². The predicted molar refractivity (Wildman–Crippen MR) is 104 cm³/mol. The maximum Gasteiger partial charge on any atom is 0.250 e. The molecule has 0 amide bonds. The zero-order chi connectivity index (χ0) is 18.6. The van der Waals surface area contributed by atoms with Crippen molar-refractivity contribution in [3.8, 4) is 0 Å². The van der Waals surface area contributed by atoms with E-state index in [0.717, 1.165) is 12.1 Å². The summed E-state index contributed by atoms with van der Waals surface area (Å²) < 4.78 is 28.1. The Balaban J connectivity index is 2.27. The summed E-state index contributed by atoms with van der Waals surface area (Å²) in [6.07, 6.45) is -0.161. The van der Waals surface area contributed by atoms with E-state index in [9.17, 15) is 13.5 Å². The Morgan fingerprint density at radius 3 is 2.32 bits per heavy atom. The molecule has 138 valence electrons. The minimum Gasteiger partial charge on any atom is -0.387 e. The number of aliphatic hydroxyl groups is 1. The van der Waals surface area contributed by atoms with Crippen molar-refractivity contribution in [3.63, 3.8) is 0 Å². The second-order valence-corrected chi connectivity index (χ2v) is 9.28. The number of hydrogen-bond acceptors (Lipinski definition) is 5. The van der Waals surface area contributed by atoms with Gasteiger partial charge in [0.15, 0.2) is 0 Å². The van der Waals surface area contributed by atoms with E-state index in [2.05, 4.69) is 4.72 Å². The van der Waals surface area contributed by atoms with Gasteiger partial charge in [0.2, 0.25) is 10.0 Å². The summed E-state index contributed by atoms with van der Waals surface area (Å²) in [5.41, 5.74) is 1.72. The van der Waals surface area contributed by atoms with Gasteiger partial charge < -0.3 is 10.0 Å². The summed E-state index contributed by atoms with van der Waals surface area (Å²) in [6, 6.07) is 10.2. The summed E-state index contributed by atoms with van der Waals surface area (Å²) in [5.74, 6) is -0.0155. The molecule has 1 aromatic heterocycles. The van der Waals surface area contributed by atoms with Crippen LogP contribution in [0.25, 0.3) is 0 Å². The van der Waals surface area contributed by atoms with E-state index in [4.69, 9.17) is 0 Å². The van der Waals surface area contributed by atoms with Crippen LogP contribution >= 0.6 is 11.3 Å². The molecule has 3 atom stereocenters. The minimum absolute atomic E-state index is 0.0155. The molecule has 0 saturated carbocycles. The van der Waals surface area contributed by atoms with Crippen LogP contribution in [0, 0.1) is 5.92 Å². The van der Waals surface area contributed by atoms with Crippen LogP contribution in [0.15, 0.2) is 46.0 Å². The van der Waals surface area contributed by atoms with E-state index >= 15 is 0 Å². The first-order valence-electron chi connectivity index (χ1n) is 8.27. The topological polar surface area (TPSA) is 69.6 Å². The van der Waals surface area contributed by atoms with Crippen molar-refractivity contribution in [2.75, 3.05) is 19.0 Å². The molecule has 2 unspecified atom stereocenters. The molecule has 1 heterocycles. The van der Waals surface area contributed by atoms with Gasteiger partial charge in [-0.3, -0.25) is 0 Å². The first-order valence-corrected chi connectivity index (χ1v) is 10.6. The van der Waals surface area contributed by atoms with E-state index in [1.165, 1.54) is 11.3 Å². The lowest BCUT2D eigenvalue weighted by atomic mass is 9.91. The largest absolute Gasteiger partial charge is 0.387 e. The second kappa shape index (κ2) is 8.31. The zero-order valence-corrected chi connectivity index (χ0v) is 16.6. The van der Waals surface area contributed by atoms with Crippen LogP contribution in [0.5, 0.6) is 0 Å². The number of nitrogens with one attached hydrogen (secondary N) is 1.